The van der Waals surface area contributed by atoms with E-state index in [0.717, 1.165) is 4.34 Å². The van der Waals surface area contributed by atoms with Crippen LogP contribution in [0.5, 0.6) is 0 Å². The van der Waals surface area contributed by atoms with E-state index in [9.17, 15) is 0 Å². The summed E-state index contributed by atoms with van der Waals surface area (Å²) >= 11 is 12.1. The molecule has 0 spiro atoms. The molecule has 0 atom stereocenters. The molecular weight excluding hydrogens is 381 g/mol. The molecular formula is C5H3ClI2S. The smallest absolute Gasteiger partial charge is 0.108 e. The molecule has 1 heterocycles. The molecule has 0 aliphatic heterocycles. The van der Waals surface area contributed by atoms with Gasteiger partial charge in [-0.2, -0.15) is 0 Å². The van der Waals surface area contributed by atoms with Crippen LogP contribution in [0, 0.1) is 14.1 Å². The van der Waals surface area contributed by atoms with Gasteiger partial charge >= 0.3 is 0 Å². The van der Waals surface area contributed by atoms with Gasteiger partial charge < -0.3 is 0 Å². The minimum Gasteiger partial charge on any atom is -0.126 e. The van der Waals surface area contributed by atoms with Crippen LogP contribution in [-0.4, -0.2) is 0 Å². The second kappa shape index (κ2) is 3.23. The molecule has 0 bridgehead atoms. The van der Waals surface area contributed by atoms with Crippen LogP contribution >= 0.6 is 68.1 Å². The van der Waals surface area contributed by atoms with Gasteiger partial charge in [0, 0.05) is 8.45 Å². The third-order valence-electron chi connectivity index (χ3n) is 0.917. The van der Waals surface area contributed by atoms with Crippen LogP contribution in [-0.2, 0) is 0 Å². The van der Waals surface area contributed by atoms with Crippen LogP contribution in [0.4, 0.5) is 0 Å². The van der Waals surface area contributed by atoms with E-state index >= 15 is 0 Å². The van der Waals surface area contributed by atoms with Crippen LogP contribution in [0.1, 0.15) is 4.88 Å². The Bertz CT molecular complexity index is 209. The van der Waals surface area contributed by atoms with E-state index in [0.29, 0.717) is 0 Å². The molecule has 0 radical (unpaired) electrons. The zero-order valence-corrected chi connectivity index (χ0v) is 10.4. The van der Waals surface area contributed by atoms with Crippen molar-refractivity contribution in [3.05, 3.63) is 16.4 Å². The van der Waals surface area contributed by atoms with E-state index in [1.54, 1.807) is 11.3 Å². The standard InChI is InChI=1S/C5H3ClI2S/c1-2-3(7)4(8)5(6)9-2/h1H3. The van der Waals surface area contributed by atoms with E-state index in [1.807, 2.05) is 0 Å². The van der Waals surface area contributed by atoms with Crippen molar-refractivity contribution in [2.45, 2.75) is 6.92 Å². The molecule has 0 saturated heterocycles. The molecule has 1 aromatic rings. The molecule has 1 aromatic heterocycles. The molecule has 0 fully saturated rings. The summed E-state index contributed by atoms with van der Waals surface area (Å²) in [5.41, 5.74) is 0. The zero-order valence-electron chi connectivity index (χ0n) is 4.54. The van der Waals surface area contributed by atoms with Crippen molar-refractivity contribution in [2.75, 3.05) is 0 Å². The van der Waals surface area contributed by atoms with E-state index < -0.39 is 0 Å². The van der Waals surface area contributed by atoms with Crippen LogP contribution < -0.4 is 0 Å². The van der Waals surface area contributed by atoms with Gasteiger partial charge in [-0.15, -0.1) is 11.3 Å². The zero-order chi connectivity index (χ0) is 7.02. The Labute approximate surface area is 90.3 Å². The number of hydrogen-bond acceptors (Lipinski definition) is 1. The number of hydrogen-bond donors (Lipinski definition) is 0. The Morgan fingerprint density at radius 2 is 1.89 bits per heavy atom. The highest BCUT2D eigenvalue weighted by Crippen LogP contribution is 2.33. The Kier molecular flexibility index (Phi) is 3.07. The SMILES string of the molecule is Cc1sc(Cl)c(I)c1I. The molecule has 0 aliphatic rings. The molecule has 1 rings (SSSR count). The minimum atomic E-state index is 0.914. The second-order valence-electron chi connectivity index (χ2n) is 1.56. The average molecular weight is 384 g/mol. The summed E-state index contributed by atoms with van der Waals surface area (Å²) in [6, 6.07) is 0. The van der Waals surface area contributed by atoms with Gasteiger partial charge in [-0.1, -0.05) is 11.6 Å². The molecule has 0 N–H and O–H groups in total. The number of rotatable bonds is 0. The van der Waals surface area contributed by atoms with E-state index in [4.69, 9.17) is 11.6 Å². The summed E-state index contributed by atoms with van der Waals surface area (Å²) < 4.78 is 3.40. The van der Waals surface area contributed by atoms with E-state index in [2.05, 4.69) is 52.1 Å². The molecule has 50 valence electrons. The van der Waals surface area contributed by atoms with Gasteiger partial charge in [-0.25, -0.2) is 0 Å². The van der Waals surface area contributed by atoms with Gasteiger partial charge in [0.25, 0.3) is 0 Å². The fourth-order valence-electron chi connectivity index (χ4n) is 0.465. The summed E-state index contributed by atoms with van der Waals surface area (Å²) in [6.45, 7) is 2.08. The quantitative estimate of drug-likeness (QED) is 0.595. The topological polar surface area (TPSA) is 0 Å². The van der Waals surface area contributed by atoms with Gasteiger partial charge in [0.1, 0.15) is 4.34 Å². The Morgan fingerprint density at radius 1 is 1.33 bits per heavy atom. The first-order valence-electron chi connectivity index (χ1n) is 2.23. The first kappa shape index (κ1) is 8.55. The van der Waals surface area contributed by atoms with E-state index in [1.165, 1.54) is 12.0 Å². The van der Waals surface area contributed by atoms with Crippen LogP contribution in [0.15, 0.2) is 0 Å². The molecule has 0 saturated carbocycles. The van der Waals surface area contributed by atoms with Gasteiger partial charge in [0.05, 0.1) is 3.57 Å². The lowest BCUT2D eigenvalue weighted by molar-refractivity contribution is 1.56. The van der Waals surface area contributed by atoms with Crippen molar-refractivity contribution in [1.82, 2.24) is 0 Å². The molecule has 9 heavy (non-hydrogen) atoms. The average Bonchev–Trinajstić information content (AvgIpc) is 1.98. The Hall–Kier alpha value is 1.45. The summed E-state index contributed by atoms with van der Waals surface area (Å²) in [7, 11) is 0. The van der Waals surface area contributed by atoms with Crippen molar-refractivity contribution in [1.29, 1.82) is 0 Å². The molecule has 0 aliphatic carbocycles. The Morgan fingerprint density at radius 3 is 2.00 bits per heavy atom. The maximum absolute atomic E-state index is 5.84. The van der Waals surface area contributed by atoms with Gasteiger partial charge in [-0.05, 0) is 52.1 Å². The highest BCUT2D eigenvalue weighted by Gasteiger charge is 2.07. The van der Waals surface area contributed by atoms with E-state index in [-0.39, 0.29) is 0 Å². The molecule has 0 aromatic carbocycles. The maximum atomic E-state index is 5.84. The minimum absolute atomic E-state index is 0.914. The van der Waals surface area contributed by atoms with Gasteiger partial charge in [0.2, 0.25) is 0 Å². The highest BCUT2D eigenvalue weighted by molar-refractivity contribution is 14.1. The Balaban J connectivity index is 3.29. The second-order valence-corrected chi connectivity index (χ2v) is 5.54. The number of aryl methyl sites for hydroxylation is 1. The predicted molar refractivity (Wildman–Crippen MR) is 59.5 cm³/mol. The molecule has 4 heteroatoms. The third kappa shape index (κ3) is 1.72. The van der Waals surface area contributed by atoms with Crippen LogP contribution in [0.2, 0.25) is 4.34 Å². The first-order chi connectivity index (χ1) is 4.13. The lowest BCUT2D eigenvalue weighted by atomic mass is 10.5. The lowest BCUT2D eigenvalue weighted by Gasteiger charge is -1.83. The maximum Gasteiger partial charge on any atom is 0.108 e. The molecule has 0 amide bonds. The molecule has 0 nitrogen and oxygen atoms in total. The summed E-state index contributed by atoms with van der Waals surface area (Å²) in [5, 5.41) is 0. The van der Waals surface area contributed by atoms with Crippen LogP contribution in [0.3, 0.4) is 0 Å². The fraction of sp³-hybridized carbons (Fsp3) is 0.200. The largest absolute Gasteiger partial charge is 0.126 e. The summed E-state index contributed by atoms with van der Waals surface area (Å²) in [5.74, 6) is 0. The van der Waals surface area contributed by atoms with Crippen molar-refractivity contribution in [3.8, 4) is 0 Å². The van der Waals surface area contributed by atoms with Crippen molar-refractivity contribution in [3.63, 3.8) is 0 Å². The number of thiophene rings is 1. The first-order valence-corrected chi connectivity index (χ1v) is 5.58. The predicted octanol–water partition coefficient (Wildman–Crippen LogP) is 3.92. The lowest BCUT2D eigenvalue weighted by Crippen LogP contribution is -1.69. The highest BCUT2D eigenvalue weighted by atomic mass is 127. The van der Waals surface area contributed by atoms with Crippen molar-refractivity contribution in [2.24, 2.45) is 0 Å². The normalized spacial score (nSPS) is 10.2. The monoisotopic (exact) mass is 384 g/mol. The van der Waals surface area contributed by atoms with Crippen molar-refractivity contribution < 1.29 is 0 Å². The van der Waals surface area contributed by atoms with Crippen LogP contribution in [0.25, 0.3) is 0 Å². The van der Waals surface area contributed by atoms with Crippen molar-refractivity contribution >= 4 is 68.1 Å². The third-order valence-corrected chi connectivity index (χ3v) is 6.74. The molecule has 0 unspecified atom stereocenters. The van der Waals surface area contributed by atoms with Gasteiger partial charge in [0.15, 0.2) is 0 Å². The number of halogens is 3. The summed E-state index contributed by atoms with van der Waals surface area (Å²) in [4.78, 5) is 1.31. The summed E-state index contributed by atoms with van der Waals surface area (Å²) in [6.07, 6.45) is 0. The fourth-order valence-corrected chi connectivity index (χ4v) is 3.42. The van der Waals surface area contributed by atoms with Gasteiger partial charge in [-0.3, -0.25) is 0 Å².